The molecule has 1 unspecified atom stereocenters. The zero-order valence-electron chi connectivity index (χ0n) is 24.9. The van der Waals surface area contributed by atoms with E-state index >= 15 is 0 Å². The largest absolute Gasteiger partial charge is 0.490 e. The Kier molecular flexibility index (Phi) is 9.64. The molecule has 1 saturated heterocycles. The first-order valence-electron chi connectivity index (χ1n) is 14.7. The average Bonchev–Trinajstić information content (AvgIpc) is 3.31. The third-order valence-electron chi connectivity index (χ3n) is 7.51. The van der Waals surface area contributed by atoms with Crippen LogP contribution in [0.25, 0.3) is 0 Å². The summed E-state index contributed by atoms with van der Waals surface area (Å²) in [5.74, 6) is 0.272. The number of carbonyl (C=O) groups is 1. The summed E-state index contributed by atoms with van der Waals surface area (Å²) in [6.45, 7) is 9.33. The van der Waals surface area contributed by atoms with Crippen LogP contribution in [0.1, 0.15) is 30.9 Å². The van der Waals surface area contributed by atoms with Crippen LogP contribution in [0, 0.1) is 0 Å². The van der Waals surface area contributed by atoms with Gasteiger partial charge in [-0.2, -0.15) is 0 Å². The van der Waals surface area contributed by atoms with Crippen molar-refractivity contribution in [2.24, 2.45) is 4.99 Å². The predicted molar refractivity (Wildman–Crippen MR) is 171 cm³/mol. The van der Waals surface area contributed by atoms with E-state index in [0.717, 1.165) is 37.3 Å². The van der Waals surface area contributed by atoms with Crippen molar-refractivity contribution >= 4 is 38.7 Å². The van der Waals surface area contributed by atoms with Gasteiger partial charge in [0, 0.05) is 51.0 Å². The minimum Gasteiger partial charge on any atom is -0.490 e. The first-order valence-corrected chi connectivity index (χ1v) is 16.5. The van der Waals surface area contributed by atoms with Crippen LogP contribution in [-0.2, 0) is 14.8 Å². The molecule has 0 bridgehead atoms. The van der Waals surface area contributed by atoms with Crippen molar-refractivity contribution in [3.05, 3.63) is 77.9 Å². The number of nitrogens with one attached hydrogen (secondary N) is 2. The number of ether oxygens (including phenoxy) is 2. The Hall–Kier alpha value is -3.93. The number of piperazine rings is 1. The first kappa shape index (κ1) is 30.5. The van der Waals surface area contributed by atoms with Gasteiger partial charge < -0.3 is 20.1 Å². The maximum atomic E-state index is 13.5. The van der Waals surface area contributed by atoms with Gasteiger partial charge in [0.2, 0.25) is 15.9 Å². The van der Waals surface area contributed by atoms with Gasteiger partial charge in [-0.25, -0.2) is 8.42 Å². The molecule has 2 aliphatic rings. The highest BCUT2D eigenvalue weighted by Gasteiger charge is 2.37. The van der Waals surface area contributed by atoms with Crippen molar-refractivity contribution in [3.8, 4) is 11.5 Å². The van der Waals surface area contributed by atoms with Crippen LogP contribution in [0.3, 0.4) is 0 Å². The molecular weight excluding hydrogens is 566 g/mol. The van der Waals surface area contributed by atoms with Crippen LogP contribution >= 0.6 is 0 Å². The van der Waals surface area contributed by atoms with E-state index in [-0.39, 0.29) is 5.91 Å². The Bertz CT molecular complexity index is 1550. The average molecular weight is 606 g/mol. The van der Waals surface area contributed by atoms with Crippen LogP contribution < -0.4 is 24.4 Å². The molecular formula is C32H39N5O5S. The van der Waals surface area contributed by atoms with E-state index < -0.39 is 15.9 Å². The SMILES string of the molecule is CCOc1cc2c(cc1OCC)C(C(=Nc1ccc(N(CCN3CCNCC3)S(C)(=O)=O)cc1)c1ccccc1)C(=O)N2. The number of fused-ring (bicyclic) bond motifs is 1. The quantitative estimate of drug-likeness (QED) is 0.300. The highest BCUT2D eigenvalue weighted by Crippen LogP contribution is 2.43. The molecule has 43 heavy (non-hydrogen) atoms. The standard InChI is InChI=1S/C32H39N5O5S/c1-4-41-28-21-26-27(22-29(28)42-5-2)35-32(38)30(26)31(23-9-7-6-8-10-23)34-24-11-13-25(14-12-24)37(43(3,39)40)20-19-36-17-15-33-16-18-36/h6-14,21-22,30,33H,4-5,15-20H2,1-3H3,(H,35,38). The monoisotopic (exact) mass is 605 g/mol. The molecule has 0 aliphatic carbocycles. The number of rotatable bonds is 12. The smallest absolute Gasteiger partial charge is 0.238 e. The zero-order valence-corrected chi connectivity index (χ0v) is 25.7. The Morgan fingerprint density at radius 2 is 1.63 bits per heavy atom. The molecule has 0 aromatic heterocycles. The molecule has 5 rings (SSSR count). The van der Waals surface area contributed by atoms with Gasteiger partial charge in [-0.1, -0.05) is 30.3 Å². The number of hydrogen-bond acceptors (Lipinski definition) is 8. The Morgan fingerprint density at radius 3 is 2.26 bits per heavy atom. The van der Waals surface area contributed by atoms with Crippen molar-refractivity contribution in [2.45, 2.75) is 19.8 Å². The Labute approximate surface area is 253 Å². The summed E-state index contributed by atoms with van der Waals surface area (Å²) in [7, 11) is -3.49. The van der Waals surface area contributed by atoms with E-state index in [1.807, 2.05) is 50.2 Å². The van der Waals surface area contributed by atoms with Crippen molar-refractivity contribution in [1.82, 2.24) is 10.2 Å². The summed E-state index contributed by atoms with van der Waals surface area (Å²) in [6.07, 6.45) is 1.23. The summed E-state index contributed by atoms with van der Waals surface area (Å²) in [5, 5.41) is 6.32. The van der Waals surface area contributed by atoms with Gasteiger partial charge in [0.15, 0.2) is 11.5 Å². The lowest BCUT2D eigenvalue weighted by molar-refractivity contribution is -0.115. The van der Waals surface area contributed by atoms with E-state index in [1.165, 1.54) is 10.6 Å². The fourth-order valence-corrected chi connectivity index (χ4v) is 6.39. The van der Waals surface area contributed by atoms with Crippen LogP contribution in [0.15, 0.2) is 71.7 Å². The van der Waals surface area contributed by atoms with E-state index in [4.69, 9.17) is 14.5 Å². The Balaban J connectivity index is 1.49. The number of sulfonamides is 1. The number of anilines is 2. The summed E-state index contributed by atoms with van der Waals surface area (Å²) < 4.78 is 38.5. The summed E-state index contributed by atoms with van der Waals surface area (Å²) in [4.78, 5) is 20.7. The maximum Gasteiger partial charge on any atom is 0.238 e. The maximum absolute atomic E-state index is 13.5. The molecule has 0 spiro atoms. The highest BCUT2D eigenvalue weighted by molar-refractivity contribution is 7.92. The van der Waals surface area contributed by atoms with Gasteiger partial charge >= 0.3 is 0 Å². The zero-order chi connectivity index (χ0) is 30.4. The van der Waals surface area contributed by atoms with Gasteiger partial charge in [0.25, 0.3) is 0 Å². The first-order chi connectivity index (χ1) is 20.8. The fourth-order valence-electron chi connectivity index (χ4n) is 5.47. The number of amides is 1. The molecule has 0 radical (unpaired) electrons. The summed E-state index contributed by atoms with van der Waals surface area (Å²) >= 11 is 0. The molecule has 2 heterocycles. The third-order valence-corrected chi connectivity index (χ3v) is 8.70. The van der Waals surface area contributed by atoms with Crippen molar-refractivity contribution < 1.29 is 22.7 Å². The van der Waals surface area contributed by atoms with Crippen LogP contribution in [-0.4, -0.2) is 83.7 Å². The van der Waals surface area contributed by atoms with E-state index in [1.54, 1.807) is 30.3 Å². The van der Waals surface area contributed by atoms with Crippen molar-refractivity contribution in [2.75, 3.05) is 68.4 Å². The second-order valence-electron chi connectivity index (χ2n) is 10.5. The lowest BCUT2D eigenvalue weighted by atomic mass is 9.90. The second kappa shape index (κ2) is 13.6. The highest BCUT2D eigenvalue weighted by atomic mass is 32.2. The Morgan fingerprint density at radius 1 is 0.977 bits per heavy atom. The van der Waals surface area contributed by atoms with Crippen molar-refractivity contribution in [1.29, 1.82) is 0 Å². The van der Waals surface area contributed by atoms with Crippen LogP contribution in [0.2, 0.25) is 0 Å². The molecule has 2 aliphatic heterocycles. The predicted octanol–water partition coefficient (Wildman–Crippen LogP) is 4.01. The third kappa shape index (κ3) is 7.18. The number of carbonyl (C=O) groups excluding carboxylic acids is 1. The molecule has 1 fully saturated rings. The van der Waals surface area contributed by atoms with Gasteiger partial charge in [-0.05, 0) is 55.3 Å². The van der Waals surface area contributed by atoms with Gasteiger partial charge in [-0.3, -0.25) is 19.0 Å². The minimum absolute atomic E-state index is 0.193. The van der Waals surface area contributed by atoms with E-state index in [0.29, 0.717) is 60.6 Å². The molecule has 10 nitrogen and oxygen atoms in total. The van der Waals surface area contributed by atoms with Crippen LogP contribution in [0.5, 0.6) is 11.5 Å². The lowest BCUT2D eigenvalue weighted by Gasteiger charge is -2.30. The minimum atomic E-state index is -3.49. The van der Waals surface area contributed by atoms with Crippen LogP contribution in [0.4, 0.5) is 17.1 Å². The topological polar surface area (TPSA) is 113 Å². The van der Waals surface area contributed by atoms with Gasteiger partial charge in [0.05, 0.1) is 36.6 Å². The fraction of sp³-hybridized carbons (Fsp3) is 0.375. The number of hydrogen-bond donors (Lipinski definition) is 2. The van der Waals surface area contributed by atoms with Gasteiger partial charge in [-0.15, -0.1) is 0 Å². The second-order valence-corrected chi connectivity index (χ2v) is 12.4. The molecule has 1 amide bonds. The van der Waals surface area contributed by atoms with Crippen molar-refractivity contribution in [3.63, 3.8) is 0 Å². The molecule has 1 atom stereocenters. The number of aliphatic imine (C=N–C) groups is 1. The molecule has 3 aromatic carbocycles. The molecule has 228 valence electrons. The molecule has 2 N–H and O–H groups in total. The molecule has 0 saturated carbocycles. The molecule has 3 aromatic rings. The van der Waals surface area contributed by atoms with Gasteiger partial charge in [0.1, 0.15) is 5.92 Å². The molecule has 11 heteroatoms. The number of nitrogens with zero attached hydrogens (tertiary/aromatic N) is 3. The normalized spacial score (nSPS) is 17.3. The number of benzene rings is 3. The lowest BCUT2D eigenvalue weighted by Crippen LogP contribution is -2.47. The summed E-state index contributed by atoms with van der Waals surface area (Å²) in [5.41, 5.74) is 3.98. The van der Waals surface area contributed by atoms with E-state index in [9.17, 15) is 13.2 Å². The van der Waals surface area contributed by atoms with E-state index in [2.05, 4.69) is 15.5 Å². The summed E-state index contributed by atoms with van der Waals surface area (Å²) in [6, 6.07) is 20.4.